The van der Waals surface area contributed by atoms with Gasteiger partial charge in [0, 0.05) is 29.3 Å². The van der Waals surface area contributed by atoms with Crippen molar-refractivity contribution < 1.29 is 13.2 Å². The maximum atomic E-state index is 12.8. The molecule has 21 heavy (non-hydrogen) atoms. The second-order valence-corrected chi connectivity index (χ2v) is 6.38. The fourth-order valence-electron chi connectivity index (χ4n) is 2.32. The molecule has 0 aliphatic heterocycles. The van der Waals surface area contributed by atoms with E-state index in [1.54, 1.807) is 12.1 Å². The van der Waals surface area contributed by atoms with Gasteiger partial charge in [-0.3, -0.25) is 0 Å². The lowest BCUT2D eigenvalue weighted by molar-refractivity contribution is -0.119. The summed E-state index contributed by atoms with van der Waals surface area (Å²) in [6.07, 6.45) is -1.19. The zero-order chi connectivity index (χ0) is 15.5. The summed E-state index contributed by atoms with van der Waals surface area (Å²) in [5.41, 5.74) is 1.58. The van der Waals surface area contributed by atoms with Crippen molar-refractivity contribution >= 4 is 21.6 Å². The summed E-state index contributed by atoms with van der Waals surface area (Å²) in [6, 6.07) is 6.01. The van der Waals surface area contributed by atoms with Gasteiger partial charge in [0.15, 0.2) is 0 Å². The van der Waals surface area contributed by atoms with E-state index in [0.717, 1.165) is 22.9 Å². The lowest BCUT2D eigenvalue weighted by atomic mass is 10.1. The van der Waals surface area contributed by atoms with Crippen molar-refractivity contribution in [3.8, 4) is 0 Å². The fourth-order valence-corrected chi connectivity index (χ4v) is 2.73. The molecular formula is C15H20BrF3N2. The third-order valence-corrected chi connectivity index (χ3v) is 3.90. The Morgan fingerprint density at radius 1 is 1.33 bits per heavy atom. The van der Waals surface area contributed by atoms with Gasteiger partial charge in [-0.05, 0) is 43.0 Å². The first kappa shape index (κ1) is 16.6. The number of hydrogen-bond acceptors (Lipinski definition) is 2. The normalized spacial score (nSPS) is 15.3. The first-order valence-corrected chi connectivity index (χ1v) is 8.02. The lowest BCUT2D eigenvalue weighted by Gasteiger charge is -2.28. The van der Waals surface area contributed by atoms with Crippen LogP contribution in [0.25, 0.3) is 0 Å². The molecule has 0 heterocycles. The van der Waals surface area contributed by atoms with Crippen LogP contribution < -0.4 is 10.2 Å². The third kappa shape index (κ3) is 5.51. The molecule has 0 spiro atoms. The molecule has 2 nitrogen and oxygen atoms in total. The van der Waals surface area contributed by atoms with Crippen LogP contribution in [-0.4, -0.2) is 25.3 Å². The molecule has 0 bridgehead atoms. The molecule has 0 aromatic heterocycles. The lowest BCUT2D eigenvalue weighted by Crippen LogP contribution is -2.35. The number of anilines is 1. The van der Waals surface area contributed by atoms with Crippen LogP contribution in [0.15, 0.2) is 22.7 Å². The molecule has 2 rings (SSSR count). The molecule has 0 radical (unpaired) electrons. The Morgan fingerprint density at radius 2 is 2.05 bits per heavy atom. The predicted molar refractivity (Wildman–Crippen MR) is 82.6 cm³/mol. The quantitative estimate of drug-likeness (QED) is 0.767. The SMILES string of the molecule is CCCN(CC(F)(F)F)c1ccc(Br)cc1CNC1CC1. The van der Waals surface area contributed by atoms with E-state index >= 15 is 0 Å². The van der Waals surface area contributed by atoms with E-state index in [2.05, 4.69) is 21.2 Å². The van der Waals surface area contributed by atoms with E-state index in [9.17, 15) is 13.2 Å². The highest BCUT2D eigenvalue weighted by molar-refractivity contribution is 9.10. The number of benzene rings is 1. The van der Waals surface area contributed by atoms with Crippen molar-refractivity contribution in [1.29, 1.82) is 0 Å². The number of alkyl halides is 3. The maximum absolute atomic E-state index is 12.8. The van der Waals surface area contributed by atoms with Gasteiger partial charge < -0.3 is 10.2 Å². The molecule has 0 amide bonds. The van der Waals surface area contributed by atoms with Crippen molar-refractivity contribution in [2.45, 2.75) is 44.9 Å². The second-order valence-electron chi connectivity index (χ2n) is 5.46. The fraction of sp³-hybridized carbons (Fsp3) is 0.600. The molecule has 1 aromatic rings. The van der Waals surface area contributed by atoms with Crippen molar-refractivity contribution in [2.24, 2.45) is 0 Å². The summed E-state index contributed by atoms with van der Waals surface area (Å²) in [5.74, 6) is 0. The van der Waals surface area contributed by atoms with E-state index < -0.39 is 12.7 Å². The molecule has 1 aromatic carbocycles. The second kappa shape index (κ2) is 7.01. The molecule has 1 aliphatic carbocycles. The summed E-state index contributed by atoms with van der Waals surface area (Å²) in [5, 5.41) is 3.37. The molecule has 0 saturated heterocycles. The first-order chi connectivity index (χ1) is 9.89. The van der Waals surface area contributed by atoms with Crippen LogP contribution in [0, 0.1) is 0 Å². The Labute approximate surface area is 131 Å². The minimum Gasteiger partial charge on any atom is -0.362 e. The molecule has 1 aliphatic rings. The van der Waals surface area contributed by atoms with Crippen LogP contribution in [0.5, 0.6) is 0 Å². The van der Waals surface area contributed by atoms with Crippen LogP contribution in [0.1, 0.15) is 31.7 Å². The van der Waals surface area contributed by atoms with Gasteiger partial charge in [0.2, 0.25) is 0 Å². The van der Waals surface area contributed by atoms with Gasteiger partial charge in [-0.1, -0.05) is 22.9 Å². The van der Waals surface area contributed by atoms with Gasteiger partial charge >= 0.3 is 6.18 Å². The van der Waals surface area contributed by atoms with Crippen molar-refractivity contribution in [2.75, 3.05) is 18.0 Å². The third-order valence-electron chi connectivity index (χ3n) is 3.40. The van der Waals surface area contributed by atoms with Crippen molar-refractivity contribution in [3.05, 3.63) is 28.2 Å². The standard InChI is InChI=1S/C15H20BrF3N2/c1-2-7-21(10-15(17,18)19)14-6-3-12(16)8-11(14)9-20-13-4-5-13/h3,6,8,13,20H,2,4-5,7,9-10H2,1H3. The van der Waals surface area contributed by atoms with E-state index in [-0.39, 0.29) is 0 Å². The van der Waals surface area contributed by atoms with Crippen molar-refractivity contribution in [3.63, 3.8) is 0 Å². The first-order valence-electron chi connectivity index (χ1n) is 7.22. The van der Waals surface area contributed by atoms with Crippen LogP contribution in [0.2, 0.25) is 0 Å². The molecular weight excluding hydrogens is 345 g/mol. The van der Waals surface area contributed by atoms with Crippen LogP contribution >= 0.6 is 15.9 Å². The Kier molecular flexibility index (Phi) is 5.54. The predicted octanol–water partition coefficient (Wildman–Crippen LogP) is 4.48. The average molecular weight is 365 g/mol. The minimum absolute atomic E-state index is 0.400. The maximum Gasteiger partial charge on any atom is 0.405 e. The summed E-state index contributed by atoms with van der Waals surface area (Å²) in [4.78, 5) is 1.43. The van der Waals surface area contributed by atoms with Crippen LogP contribution in [-0.2, 0) is 6.54 Å². The topological polar surface area (TPSA) is 15.3 Å². The van der Waals surface area contributed by atoms with Gasteiger partial charge in [0.25, 0.3) is 0 Å². The highest BCUT2D eigenvalue weighted by atomic mass is 79.9. The van der Waals surface area contributed by atoms with E-state index in [1.165, 1.54) is 4.90 Å². The van der Waals surface area contributed by atoms with Gasteiger partial charge in [-0.2, -0.15) is 13.2 Å². The summed E-state index contributed by atoms with van der Waals surface area (Å²) in [7, 11) is 0. The molecule has 1 saturated carbocycles. The van der Waals surface area contributed by atoms with Crippen LogP contribution in [0.3, 0.4) is 0 Å². The molecule has 0 unspecified atom stereocenters. The number of nitrogens with zero attached hydrogens (tertiary/aromatic N) is 1. The van der Waals surface area contributed by atoms with E-state index in [1.807, 2.05) is 13.0 Å². The minimum atomic E-state index is -4.19. The largest absolute Gasteiger partial charge is 0.405 e. The molecule has 1 fully saturated rings. The molecule has 6 heteroatoms. The Morgan fingerprint density at radius 3 is 2.62 bits per heavy atom. The number of rotatable bonds is 7. The van der Waals surface area contributed by atoms with Gasteiger partial charge in [-0.15, -0.1) is 0 Å². The number of nitrogens with one attached hydrogen (secondary N) is 1. The summed E-state index contributed by atoms with van der Waals surface area (Å²) in [6.45, 7) is 2.00. The molecule has 1 N–H and O–H groups in total. The van der Waals surface area contributed by atoms with Crippen LogP contribution in [0.4, 0.5) is 18.9 Å². The Hall–Kier alpha value is -0.750. The smallest absolute Gasteiger partial charge is 0.362 e. The Balaban J connectivity index is 2.19. The summed E-state index contributed by atoms with van der Waals surface area (Å²) >= 11 is 3.40. The average Bonchev–Trinajstić information content (AvgIpc) is 3.18. The van der Waals surface area contributed by atoms with Gasteiger partial charge in [-0.25, -0.2) is 0 Å². The van der Waals surface area contributed by atoms with E-state index in [4.69, 9.17) is 0 Å². The van der Waals surface area contributed by atoms with Gasteiger partial charge in [0.05, 0.1) is 0 Å². The highest BCUT2D eigenvalue weighted by Gasteiger charge is 2.31. The molecule has 0 atom stereocenters. The number of halogens is 4. The van der Waals surface area contributed by atoms with Gasteiger partial charge in [0.1, 0.15) is 6.54 Å². The zero-order valence-corrected chi connectivity index (χ0v) is 13.6. The summed E-state index contributed by atoms with van der Waals surface area (Å²) < 4.78 is 39.2. The highest BCUT2D eigenvalue weighted by Crippen LogP contribution is 2.29. The monoisotopic (exact) mass is 364 g/mol. The van der Waals surface area contributed by atoms with Crippen molar-refractivity contribution in [1.82, 2.24) is 5.32 Å². The van der Waals surface area contributed by atoms with E-state index in [0.29, 0.717) is 31.2 Å². The Bertz CT molecular complexity index is 472. The molecule has 118 valence electrons. The zero-order valence-electron chi connectivity index (χ0n) is 12.0. The number of hydrogen-bond donors (Lipinski definition) is 1.